The summed E-state index contributed by atoms with van der Waals surface area (Å²) in [6, 6.07) is 6.75. The van der Waals surface area contributed by atoms with Gasteiger partial charge >= 0.3 is 0 Å². The summed E-state index contributed by atoms with van der Waals surface area (Å²) in [5.41, 5.74) is 6.83. The Morgan fingerprint density at radius 1 is 1.30 bits per heavy atom. The van der Waals surface area contributed by atoms with Crippen molar-refractivity contribution < 1.29 is 9.47 Å². The van der Waals surface area contributed by atoms with E-state index in [1.165, 1.54) is 18.4 Å². The second kappa shape index (κ2) is 6.90. The summed E-state index contributed by atoms with van der Waals surface area (Å²) >= 11 is 4.97. The molecular weight excluding hydrogens is 272 g/mol. The summed E-state index contributed by atoms with van der Waals surface area (Å²) in [6.07, 6.45) is 3.31. The third-order valence-electron chi connectivity index (χ3n) is 3.54. The average Bonchev–Trinajstić information content (AvgIpc) is 3.27. The van der Waals surface area contributed by atoms with Crippen LogP contribution in [0.4, 0.5) is 0 Å². The molecule has 0 unspecified atom stereocenters. The van der Waals surface area contributed by atoms with E-state index in [2.05, 4.69) is 11.0 Å². The molecule has 1 aliphatic carbocycles. The van der Waals surface area contributed by atoms with Crippen molar-refractivity contribution in [3.8, 4) is 11.5 Å². The molecule has 0 saturated heterocycles. The van der Waals surface area contributed by atoms with Gasteiger partial charge in [-0.15, -0.1) is 0 Å². The van der Waals surface area contributed by atoms with Crippen LogP contribution in [0.1, 0.15) is 24.8 Å². The van der Waals surface area contributed by atoms with Gasteiger partial charge in [-0.1, -0.05) is 18.3 Å². The van der Waals surface area contributed by atoms with Crippen molar-refractivity contribution in [3.05, 3.63) is 23.8 Å². The van der Waals surface area contributed by atoms with E-state index < -0.39 is 0 Å². The number of nitrogens with zero attached hydrogens (tertiary/aromatic N) is 1. The van der Waals surface area contributed by atoms with E-state index >= 15 is 0 Å². The fourth-order valence-electron chi connectivity index (χ4n) is 2.30. The third kappa shape index (κ3) is 4.08. The lowest BCUT2D eigenvalue weighted by Gasteiger charge is -2.22. The summed E-state index contributed by atoms with van der Waals surface area (Å²) in [5, 5.41) is 0. The zero-order valence-corrected chi connectivity index (χ0v) is 12.9. The first-order valence-electron chi connectivity index (χ1n) is 6.87. The first-order chi connectivity index (χ1) is 9.63. The Hall–Kier alpha value is -1.33. The number of hydrogen-bond donors (Lipinski definition) is 1. The maximum absolute atomic E-state index is 5.61. The largest absolute Gasteiger partial charge is 0.493 e. The van der Waals surface area contributed by atoms with Crippen LogP contribution in [0.3, 0.4) is 0 Å². The number of nitrogens with two attached hydrogens (primary N) is 1. The molecule has 0 spiro atoms. The fraction of sp³-hybridized carbons (Fsp3) is 0.533. The van der Waals surface area contributed by atoms with E-state index in [-0.39, 0.29) is 0 Å². The van der Waals surface area contributed by atoms with Crippen LogP contribution in [0.25, 0.3) is 0 Å². The van der Waals surface area contributed by atoms with Crippen LogP contribution in [-0.4, -0.2) is 36.7 Å². The Kier molecular flexibility index (Phi) is 5.20. The van der Waals surface area contributed by atoms with Crippen LogP contribution in [0.15, 0.2) is 18.2 Å². The molecule has 2 rings (SSSR count). The van der Waals surface area contributed by atoms with Crippen LogP contribution in [0.2, 0.25) is 0 Å². The van der Waals surface area contributed by atoms with Crippen molar-refractivity contribution in [3.63, 3.8) is 0 Å². The van der Waals surface area contributed by atoms with Crippen molar-refractivity contribution in [1.82, 2.24) is 4.90 Å². The molecule has 4 nitrogen and oxygen atoms in total. The zero-order chi connectivity index (χ0) is 14.5. The van der Waals surface area contributed by atoms with Gasteiger partial charge in [0.25, 0.3) is 0 Å². The minimum Gasteiger partial charge on any atom is -0.493 e. The second-order valence-electron chi connectivity index (χ2n) is 5.11. The van der Waals surface area contributed by atoms with Crippen molar-refractivity contribution in [2.45, 2.75) is 31.8 Å². The van der Waals surface area contributed by atoms with Gasteiger partial charge in [0.2, 0.25) is 0 Å². The van der Waals surface area contributed by atoms with Crippen LogP contribution in [0.5, 0.6) is 11.5 Å². The van der Waals surface area contributed by atoms with Crippen molar-refractivity contribution >= 4 is 17.2 Å². The lowest BCUT2D eigenvalue weighted by molar-refractivity contribution is 0.262. The third-order valence-corrected chi connectivity index (χ3v) is 3.75. The van der Waals surface area contributed by atoms with E-state index in [1.807, 2.05) is 12.1 Å². The smallest absolute Gasteiger partial charge is 0.161 e. The first-order valence-corrected chi connectivity index (χ1v) is 7.28. The van der Waals surface area contributed by atoms with Gasteiger partial charge in [0.05, 0.1) is 19.2 Å². The van der Waals surface area contributed by atoms with Crippen molar-refractivity contribution in [2.75, 3.05) is 20.8 Å². The van der Waals surface area contributed by atoms with Gasteiger partial charge in [0, 0.05) is 25.6 Å². The van der Waals surface area contributed by atoms with E-state index in [0.29, 0.717) is 11.0 Å². The van der Waals surface area contributed by atoms with E-state index in [0.717, 1.165) is 31.0 Å². The zero-order valence-electron chi connectivity index (χ0n) is 12.1. The van der Waals surface area contributed by atoms with Gasteiger partial charge in [0.1, 0.15) is 0 Å². The Balaban J connectivity index is 2.04. The van der Waals surface area contributed by atoms with Crippen LogP contribution >= 0.6 is 12.2 Å². The van der Waals surface area contributed by atoms with Crippen LogP contribution in [-0.2, 0) is 6.54 Å². The molecule has 0 amide bonds. The summed E-state index contributed by atoms with van der Waals surface area (Å²) in [4.78, 5) is 3.03. The number of thiocarbonyl (C=S) groups is 1. The highest BCUT2D eigenvalue weighted by molar-refractivity contribution is 7.80. The van der Waals surface area contributed by atoms with Crippen LogP contribution in [0, 0.1) is 0 Å². The normalized spacial score (nSPS) is 14.3. The average molecular weight is 294 g/mol. The predicted octanol–water partition coefficient (Wildman–Crippen LogP) is 2.34. The van der Waals surface area contributed by atoms with Gasteiger partial charge in [-0.3, -0.25) is 4.90 Å². The number of ether oxygens (including phenoxy) is 2. The lowest BCUT2D eigenvalue weighted by Crippen LogP contribution is -2.29. The maximum Gasteiger partial charge on any atom is 0.161 e. The summed E-state index contributed by atoms with van der Waals surface area (Å²) in [6.45, 7) is 1.82. The number of benzene rings is 1. The SMILES string of the molecule is COc1ccc(CN(CCC(N)=S)C2CC2)cc1OC. The van der Waals surface area contributed by atoms with Gasteiger partial charge in [-0.25, -0.2) is 0 Å². The van der Waals surface area contributed by atoms with E-state index in [1.54, 1.807) is 14.2 Å². The highest BCUT2D eigenvalue weighted by Gasteiger charge is 2.28. The molecule has 0 heterocycles. The number of hydrogen-bond acceptors (Lipinski definition) is 4. The molecule has 0 atom stereocenters. The van der Waals surface area contributed by atoms with Crippen molar-refractivity contribution in [2.24, 2.45) is 5.73 Å². The monoisotopic (exact) mass is 294 g/mol. The van der Waals surface area contributed by atoms with Gasteiger partial charge in [-0.05, 0) is 30.5 Å². The standard InChI is InChI=1S/C15H22N2O2S/c1-18-13-6-3-11(9-14(13)19-2)10-17(12-4-5-12)8-7-15(16)20/h3,6,9,12H,4-5,7-8,10H2,1-2H3,(H2,16,20). The van der Waals surface area contributed by atoms with Gasteiger partial charge in [-0.2, -0.15) is 0 Å². The Bertz CT molecular complexity index is 475. The maximum atomic E-state index is 5.61. The predicted molar refractivity (Wildman–Crippen MR) is 84.4 cm³/mol. The molecule has 2 N–H and O–H groups in total. The van der Waals surface area contributed by atoms with Gasteiger partial charge < -0.3 is 15.2 Å². The Labute approximate surface area is 125 Å². The van der Waals surface area contributed by atoms with Crippen molar-refractivity contribution in [1.29, 1.82) is 0 Å². The lowest BCUT2D eigenvalue weighted by atomic mass is 10.1. The quantitative estimate of drug-likeness (QED) is 0.746. The molecule has 1 aliphatic rings. The molecule has 20 heavy (non-hydrogen) atoms. The topological polar surface area (TPSA) is 47.7 Å². The molecule has 0 aromatic heterocycles. The highest BCUT2D eigenvalue weighted by atomic mass is 32.1. The molecule has 1 fully saturated rings. The molecule has 0 radical (unpaired) electrons. The Morgan fingerprint density at radius 2 is 2.00 bits per heavy atom. The van der Waals surface area contributed by atoms with E-state index in [4.69, 9.17) is 27.4 Å². The first kappa shape index (κ1) is 15.1. The Morgan fingerprint density at radius 3 is 2.55 bits per heavy atom. The number of methoxy groups -OCH3 is 2. The summed E-state index contributed by atoms with van der Waals surface area (Å²) < 4.78 is 10.6. The minimum atomic E-state index is 0.586. The second-order valence-corrected chi connectivity index (χ2v) is 5.63. The fourth-order valence-corrected chi connectivity index (χ4v) is 2.39. The molecule has 5 heteroatoms. The molecule has 1 aromatic rings. The highest BCUT2D eigenvalue weighted by Crippen LogP contribution is 2.31. The van der Waals surface area contributed by atoms with Crippen LogP contribution < -0.4 is 15.2 Å². The molecule has 1 aromatic carbocycles. The minimum absolute atomic E-state index is 0.586. The summed E-state index contributed by atoms with van der Waals surface area (Å²) in [7, 11) is 3.31. The van der Waals surface area contributed by atoms with Gasteiger partial charge in [0.15, 0.2) is 11.5 Å². The molecule has 0 bridgehead atoms. The van der Waals surface area contributed by atoms with E-state index in [9.17, 15) is 0 Å². The molecule has 110 valence electrons. The number of rotatable bonds is 8. The molecule has 0 aliphatic heterocycles. The molecule has 1 saturated carbocycles. The molecular formula is C15H22N2O2S. The summed E-state index contributed by atoms with van der Waals surface area (Å²) in [5.74, 6) is 1.53.